The number of unbranched alkanes of at least 4 members (excludes halogenated alkanes) is 5. The molecule has 0 aliphatic carbocycles. The highest BCUT2D eigenvalue weighted by Gasteiger charge is 2.32. The fourth-order valence-corrected chi connectivity index (χ4v) is 3.35. The van der Waals surface area contributed by atoms with E-state index in [9.17, 15) is 0 Å². The Morgan fingerprint density at radius 1 is 0.850 bits per heavy atom. The summed E-state index contributed by atoms with van der Waals surface area (Å²) in [5.74, 6) is 0.653. The first-order valence-corrected chi connectivity index (χ1v) is 9.20. The average molecular weight is 305 g/mol. The van der Waals surface area contributed by atoms with Crippen LogP contribution in [0.2, 0.25) is 0 Å². The van der Waals surface area contributed by atoms with Gasteiger partial charge in [-0.05, 0) is 38.0 Å². The van der Waals surface area contributed by atoms with E-state index in [-0.39, 0.29) is 4.87 Å². The van der Waals surface area contributed by atoms with Crippen LogP contribution in [-0.2, 0) is 4.74 Å². The SMILES string of the molecule is CCCCCCCCC(CCCOC)C(Cl)(CC)CC. The highest BCUT2D eigenvalue weighted by atomic mass is 35.5. The van der Waals surface area contributed by atoms with Gasteiger partial charge in [0.2, 0.25) is 0 Å². The summed E-state index contributed by atoms with van der Waals surface area (Å²) in [6.45, 7) is 7.62. The Labute approximate surface area is 132 Å². The van der Waals surface area contributed by atoms with Crippen LogP contribution in [0, 0.1) is 5.92 Å². The molecule has 2 heteroatoms. The lowest BCUT2D eigenvalue weighted by atomic mass is 9.80. The van der Waals surface area contributed by atoms with E-state index in [1.165, 1.54) is 51.4 Å². The van der Waals surface area contributed by atoms with Gasteiger partial charge in [-0.2, -0.15) is 0 Å². The molecule has 0 aromatic carbocycles. The van der Waals surface area contributed by atoms with Crippen LogP contribution >= 0.6 is 11.6 Å². The molecule has 0 spiro atoms. The Morgan fingerprint density at radius 3 is 1.95 bits per heavy atom. The Balaban J connectivity index is 4.10. The molecule has 1 nitrogen and oxygen atoms in total. The first-order valence-electron chi connectivity index (χ1n) is 8.82. The molecule has 0 amide bonds. The van der Waals surface area contributed by atoms with Gasteiger partial charge in [0.25, 0.3) is 0 Å². The van der Waals surface area contributed by atoms with Crippen molar-refractivity contribution in [1.82, 2.24) is 0 Å². The van der Waals surface area contributed by atoms with Gasteiger partial charge in [-0.25, -0.2) is 0 Å². The first-order chi connectivity index (χ1) is 9.64. The van der Waals surface area contributed by atoms with Crippen LogP contribution in [-0.4, -0.2) is 18.6 Å². The normalized spacial score (nSPS) is 13.7. The lowest BCUT2D eigenvalue weighted by Gasteiger charge is -2.34. The monoisotopic (exact) mass is 304 g/mol. The third-order valence-electron chi connectivity index (χ3n) is 4.71. The van der Waals surface area contributed by atoms with Gasteiger partial charge < -0.3 is 4.74 Å². The zero-order chi connectivity index (χ0) is 15.3. The molecule has 1 atom stereocenters. The van der Waals surface area contributed by atoms with Crippen LogP contribution in [0.3, 0.4) is 0 Å². The molecule has 0 N–H and O–H groups in total. The van der Waals surface area contributed by atoms with Crippen molar-refractivity contribution in [3.8, 4) is 0 Å². The summed E-state index contributed by atoms with van der Waals surface area (Å²) in [5, 5.41) is 0. The second-order valence-corrected chi connectivity index (χ2v) is 6.88. The molecular weight excluding hydrogens is 268 g/mol. The minimum absolute atomic E-state index is 0.0111. The minimum atomic E-state index is 0.0111. The van der Waals surface area contributed by atoms with Crippen molar-refractivity contribution in [1.29, 1.82) is 0 Å². The zero-order valence-corrected chi connectivity index (χ0v) is 15.1. The number of hydrogen-bond donors (Lipinski definition) is 0. The molecule has 122 valence electrons. The molecule has 20 heavy (non-hydrogen) atoms. The lowest BCUT2D eigenvalue weighted by molar-refractivity contribution is 0.177. The van der Waals surface area contributed by atoms with E-state index < -0.39 is 0 Å². The molecule has 1 unspecified atom stereocenters. The van der Waals surface area contributed by atoms with E-state index >= 15 is 0 Å². The van der Waals surface area contributed by atoms with Crippen molar-refractivity contribution in [2.24, 2.45) is 5.92 Å². The zero-order valence-electron chi connectivity index (χ0n) is 14.3. The maximum absolute atomic E-state index is 6.87. The predicted octanol–water partition coefficient (Wildman–Crippen LogP) is 6.58. The third-order valence-corrected chi connectivity index (χ3v) is 5.56. The Kier molecular flexibility index (Phi) is 13.1. The number of alkyl halides is 1. The van der Waals surface area contributed by atoms with Gasteiger partial charge in [-0.1, -0.05) is 59.3 Å². The molecule has 0 saturated heterocycles. The van der Waals surface area contributed by atoms with Crippen molar-refractivity contribution >= 4 is 11.6 Å². The molecule has 0 aromatic heterocycles. The summed E-state index contributed by atoms with van der Waals surface area (Å²) >= 11 is 6.87. The predicted molar refractivity (Wildman–Crippen MR) is 91.8 cm³/mol. The standard InChI is InChI=1S/C18H37ClO/c1-5-8-9-10-11-12-14-17(15-13-16-20-4)18(19,6-2)7-3/h17H,5-16H2,1-4H3. The lowest BCUT2D eigenvalue weighted by Crippen LogP contribution is -2.31. The van der Waals surface area contributed by atoms with Crippen molar-refractivity contribution < 1.29 is 4.74 Å². The summed E-state index contributed by atoms with van der Waals surface area (Å²) in [5.41, 5.74) is 0. The second-order valence-electron chi connectivity index (χ2n) is 6.13. The fourth-order valence-electron chi connectivity index (χ4n) is 3.13. The largest absolute Gasteiger partial charge is 0.385 e. The summed E-state index contributed by atoms with van der Waals surface area (Å²) in [6.07, 6.45) is 14.1. The van der Waals surface area contributed by atoms with Crippen LogP contribution < -0.4 is 0 Å². The van der Waals surface area contributed by atoms with Crippen LogP contribution in [0.4, 0.5) is 0 Å². The third kappa shape index (κ3) is 8.52. The van der Waals surface area contributed by atoms with Gasteiger partial charge in [0.05, 0.1) is 0 Å². The van der Waals surface area contributed by atoms with E-state index in [1.807, 2.05) is 0 Å². The van der Waals surface area contributed by atoms with E-state index in [1.54, 1.807) is 7.11 Å². The molecule has 0 fully saturated rings. The number of halogens is 1. The molecular formula is C18H37ClO. The average Bonchev–Trinajstić information content (AvgIpc) is 2.48. The maximum Gasteiger partial charge on any atom is 0.0469 e. The molecule has 0 aliphatic heterocycles. The molecule has 0 radical (unpaired) electrons. The van der Waals surface area contributed by atoms with Crippen molar-refractivity contribution in [2.45, 2.75) is 96.3 Å². The molecule has 0 rings (SSSR count). The summed E-state index contributed by atoms with van der Waals surface area (Å²) in [6, 6.07) is 0. The van der Waals surface area contributed by atoms with Gasteiger partial charge in [-0.15, -0.1) is 11.6 Å². The summed E-state index contributed by atoms with van der Waals surface area (Å²) in [4.78, 5) is 0.0111. The molecule has 0 aliphatic rings. The van der Waals surface area contributed by atoms with Crippen LogP contribution in [0.1, 0.15) is 91.4 Å². The second kappa shape index (κ2) is 13.0. The topological polar surface area (TPSA) is 9.23 Å². The van der Waals surface area contributed by atoms with Crippen molar-refractivity contribution in [2.75, 3.05) is 13.7 Å². The van der Waals surface area contributed by atoms with E-state index in [0.29, 0.717) is 5.92 Å². The van der Waals surface area contributed by atoms with Crippen molar-refractivity contribution in [3.05, 3.63) is 0 Å². The van der Waals surface area contributed by atoms with Gasteiger partial charge in [0.1, 0.15) is 0 Å². The number of methoxy groups -OCH3 is 1. The van der Waals surface area contributed by atoms with Gasteiger partial charge in [-0.3, -0.25) is 0 Å². The molecule has 0 aromatic rings. The summed E-state index contributed by atoms with van der Waals surface area (Å²) < 4.78 is 5.20. The fraction of sp³-hybridized carbons (Fsp3) is 1.00. The smallest absolute Gasteiger partial charge is 0.0469 e. The van der Waals surface area contributed by atoms with Gasteiger partial charge in [0, 0.05) is 18.6 Å². The molecule has 0 saturated carbocycles. The highest BCUT2D eigenvalue weighted by molar-refractivity contribution is 6.24. The van der Waals surface area contributed by atoms with Gasteiger partial charge in [0.15, 0.2) is 0 Å². The molecule has 0 bridgehead atoms. The number of hydrogen-bond acceptors (Lipinski definition) is 1. The Bertz CT molecular complexity index is 202. The Morgan fingerprint density at radius 2 is 1.40 bits per heavy atom. The van der Waals surface area contributed by atoms with E-state index in [0.717, 1.165) is 25.9 Å². The van der Waals surface area contributed by atoms with Crippen LogP contribution in [0.15, 0.2) is 0 Å². The van der Waals surface area contributed by atoms with E-state index in [4.69, 9.17) is 16.3 Å². The van der Waals surface area contributed by atoms with Crippen LogP contribution in [0.25, 0.3) is 0 Å². The number of rotatable bonds is 14. The first kappa shape index (κ1) is 20.2. The highest BCUT2D eigenvalue weighted by Crippen LogP contribution is 2.38. The van der Waals surface area contributed by atoms with Gasteiger partial charge >= 0.3 is 0 Å². The van der Waals surface area contributed by atoms with Crippen molar-refractivity contribution in [3.63, 3.8) is 0 Å². The van der Waals surface area contributed by atoms with Crippen LogP contribution in [0.5, 0.6) is 0 Å². The number of ether oxygens (including phenoxy) is 1. The van der Waals surface area contributed by atoms with E-state index in [2.05, 4.69) is 20.8 Å². The maximum atomic E-state index is 6.87. The quantitative estimate of drug-likeness (QED) is 0.260. The molecule has 0 heterocycles. The minimum Gasteiger partial charge on any atom is -0.385 e. The summed E-state index contributed by atoms with van der Waals surface area (Å²) in [7, 11) is 1.79. The Hall–Kier alpha value is 0.250.